The Kier molecular flexibility index (Phi) is 5.31. The Bertz CT molecular complexity index is 438. The first-order valence-corrected chi connectivity index (χ1v) is 5.90. The highest BCUT2D eigenvalue weighted by Gasteiger charge is 2.28. The molecule has 1 aromatic carbocycles. The molecule has 0 aliphatic heterocycles. The molecular formula is C12H15ClF3NO2. The zero-order chi connectivity index (χ0) is 14.6. The summed E-state index contributed by atoms with van der Waals surface area (Å²) in [5, 5.41) is 0.177. The van der Waals surface area contributed by atoms with E-state index in [1.165, 1.54) is 14.2 Å². The van der Waals surface area contributed by atoms with E-state index < -0.39 is 18.6 Å². The first-order chi connectivity index (χ1) is 8.80. The summed E-state index contributed by atoms with van der Waals surface area (Å²) in [7, 11) is 2.84. The minimum atomic E-state index is -4.24. The number of benzene rings is 1. The van der Waals surface area contributed by atoms with Gasteiger partial charge in [0.2, 0.25) is 0 Å². The maximum atomic E-state index is 12.2. The Hall–Kier alpha value is -1.14. The van der Waals surface area contributed by atoms with Crippen molar-refractivity contribution < 1.29 is 22.6 Å². The minimum Gasteiger partial charge on any atom is -0.493 e. The molecule has 0 amide bonds. The van der Waals surface area contributed by atoms with Crippen molar-refractivity contribution in [2.75, 3.05) is 14.2 Å². The standard InChI is InChI=1S/C12H15ClF3NO2/c1-18-9-4-3-7(10(13)11(9)19-2)8(17)5-6-12(14,15)16/h3-4,8H,5-6,17H2,1-2H3/t8-/m1/s1. The topological polar surface area (TPSA) is 44.5 Å². The monoisotopic (exact) mass is 297 g/mol. The normalized spacial score (nSPS) is 13.2. The van der Waals surface area contributed by atoms with E-state index in [0.29, 0.717) is 11.3 Å². The molecule has 0 spiro atoms. The van der Waals surface area contributed by atoms with Gasteiger partial charge in [-0.2, -0.15) is 13.2 Å². The molecule has 1 rings (SSSR count). The smallest absolute Gasteiger partial charge is 0.389 e. The molecule has 2 N–H and O–H groups in total. The van der Waals surface area contributed by atoms with Crippen LogP contribution < -0.4 is 15.2 Å². The van der Waals surface area contributed by atoms with E-state index >= 15 is 0 Å². The van der Waals surface area contributed by atoms with Gasteiger partial charge in [0, 0.05) is 12.5 Å². The van der Waals surface area contributed by atoms with Crippen LogP contribution in [0.15, 0.2) is 12.1 Å². The molecular weight excluding hydrogens is 283 g/mol. The highest BCUT2D eigenvalue weighted by atomic mass is 35.5. The molecule has 0 aromatic heterocycles. The zero-order valence-corrected chi connectivity index (χ0v) is 11.3. The molecule has 7 heteroatoms. The Morgan fingerprint density at radius 3 is 2.37 bits per heavy atom. The zero-order valence-electron chi connectivity index (χ0n) is 10.6. The number of methoxy groups -OCH3 is 2. The summed E-state index contributed by atoms with van der Waals surface area (Å²) in [5.74, 6) is 0.670. The van der Waals surface area contributed by atoms with Gasteiger partial charge in [-0.15, -0.1) is 0 Å². The van der Waals surface area contributed by atoms with Gasteiger partial charge in [0.1, 0.15) is 0 Å². The van der Waals surface area contributed by atoms with Crippen LogP contribution >= 0.6 is 11.6 Å². The van der Waals surface area contributed by atoms with Crippen LogP contribution in [0.1, 0.15) is 24.4 Å². The van der Waals surface area contributed by atoms with E-state index in [9.17, 15) is 13.2 Å². The van der Waals surface area contributed by atoms with Crippen LogP contribution in [-0.2, 0) is 0 Å². The fraction of sp³-hybridized carbons (Fsp3) is 0.500. The third-order valence-electron chi connectivity index (χ3n) is 2.65. The van der Waals surface area contributed by atoms with Crippen molar-refractivity contribution in [3.05, 3.63) is 22.7 Å². The number of hydrogen-bond acceptors (Lipinski definition) is 3. The fourth-order valence-corrected chi connectivity index (χ4v) is 2.04. The number of halogens is 4. The lowest BCUT2D eigenvalue weighted by molar-refractivity contribution is -0.136. The van der Waals surface area contributed by atoms with Gasteiger partial charge in [-0.05, 0) is 18.1 Å². The third-order valence-corrected chi connectivity index (χ3v) is 3.04. The molecule has 0 saturated heterocycles. The van der Waals surface area contributed by atoms with Gasteiger partial charge in [-0.25, -0.2) is 0 Å². The molecule has 0 heterocycles. The second-order valence-corrected chi connectivity index (χ2v) is 4.34. The quantitative estimate of drug-likeness (QED) is 0.901. The van der Waals surface area contributed by atoms with Gasteiger partial charge in [-0.1, -0.05) is 17.7 Å². The Labute approximate surface area is 114 Å². The van der Waals surface area contributed by atoms with E-state index in [-0.39, 0.29) is 17.2 Å². The van der Waals surface area contributed by atoms with Crippen molar-refractivity contribution in [2.24, 2.45) is 5.73 Å². The molecule has 0 radical (unpaired) electrons. The molecule has 0 unspecified atom stereocenters. The van der Waals surface area contributed by atoms with Crippen molar-refractivity contribution in [2.45, 2.75) is 25.1 Å². The maximum Gasteiger partial charge on any atom is 0.389 e. The number of rotatable bonds is 5. The van der Waals surface area contributed by atoms with E-state index in [1.807, 2.05) is 0 Å². The highest BCUT2D eigenvalue weighted by Crippen LogP contribution is 2.40. The largest absolute Gasteiger partial charge is 0.493 e. The van der Waals surface area contributed by atoms with E-state index in [0.717, 1.165) is 0 Å². The SMILES string of the molecule is COc1ccc([C@H](N)CCC(F)(F)F)c(Cl)c1OC. The average Bonchev–Trinajstić information content (AvgIpc) is 2.34. The van der Waals surface area contributed by atoms with Crippen LogP contribution in [0.5, 0.6) is 11.5 Å². The van der Waals surface area contributed by atoms with Crippen LogP contribution in [-0.4, -0.2) is 20.4 Å². The molecule has 0 saturated carbocycles. The highest BCUT2D eigenvalue weighted by molar-refractivity contribution is 6.33. The molecule has 0 fully saturated rings. The first-order valence-electron chi connectivity index (χ1n) is 5.53. The van der Waals surface area contributed by atoms with Gasteiger partial charge < -0.3 is 15.2 Å². The van der Waals surface area contributed by atoms with E-state index in [1.54, 1.807) is 12.1 Å². The van der Waals surface area contributed by atoms with Crippen molar-refractivity contribution >= 4 is 11.6 Å². The van der Waals surface area contributed by atoms with Gasteiger partial charge >= 0.3 is 6.18 Å². The van der Waals surface area contributed by atoms with Gasteiger partial charge in [-0.3, -0.25) is 0 Å². The van der Waals surface area contributed by atoms with Crippen LogP contribution in [0.3, 0.4) is 0 Å². The summed E-state index contributed by atoms with van der Waals surface area (Å²) >= 11 is 6.07. The molecule has 19 heavy (non-hydrogen) atoms. The van der Waals surface area contributed by atoms with Gasteiger partial charge in [0.05, 0.1) is 19.2 Å². The molecule has 0 bridgehead atoms. The average molecular weight is 298 g/mol. The molecule has 1 atom stereocenters. The first kappa shape index (κ1) is 15.9. The van der Waals surface area contributed by atoms with Gasteiger partial charge in [0.25, 0.3) is 0 Å². The Balaban J connectivity index is 2.95. The lowest BCUT2D eigenvalue weighted by atomic mass is 10.0. The van der Waals surface area contributed by atoms with Crippen LogP contribution in [0.4, 0.5) is 13.2 Å². The van der Waals surface area contributed by atoms with Crippen molar-refractivity contribution in [3.63, 3.8) is 0 Å². The van der Waals surface area contributed by atoms with Crippen molar-refractivity contribution in [3.8, 4) is 11.5 Å². The molecule has 0 aliphatic carbocycles. The van der Waals surface area contributed by atoms with E-state index in [2.05, 4.69) is 0 Å². The summed E-state index contributed by atoms with van der Waals surface area (Å²) in [6, 6.07) is 2.30. The number of ether oxygens (including phenoxy) is 2. The van der Waals surface area contributed by atoms with Crippen LogP contribution in [0.25, 0.3) is 0 Å². The summed E-state index contributed by atoms with van der Waals surface area (Å²) < 4.78 is 46.6. The summed E-state index contributed by atoms with van der Waals surface area (Å²) in [4.78, 5) is 0. The van der Waals surface area contributed by atoms with Crippen molar-refractivity contribution in [1.82, 2.24) is 0 Å². The lowest BCUT2D eigenvalue weighted by Gasteiger charge is -2.18. The van der Waals surface area contributed by atoms with Crippen LogP contribution in [0, 0.1) is 0 Å². The molecule has 3 nitrogen and oxygen atoms in total. The number of hydrogen-bond donors (Lipinski definition) is 1. The Morgan fingerprint density at radius 1 is 1.26 bits per heavy atom. The molecule has 1 aromatic rings. The van der Waals surface area contributed by atoms with Gasteiger partial charge in [0.15, 0.2) is 11.5 Å². The lowest BCUT2D eigenvalue weighted by Crippen LogP contribution is -2.16. The van der Waals surface area contributed by atoms with Crippen molar-refractivity contribution in [1.29, 1.82) is 0 Å². The summed E-state index contributed by atoms with van der Waals surface area (Å²) in [6.07, 6.45) is -5.43. The second-order valence-electron chi connectivity index (χ2n) is 3.96. The maximum absolute atomic E-state index is 12.2. The fourth-order valence-electron chi connectivity index (χ4n) is 1.67. The number of alkyl halides is 3. The predicted molar refractivity (Wildman–Crippen MR) is 66.8 cm³/mol. The summed E-state index contributed by atoms with van der Waals surface area (Å²) in [6.45, 7) is 0. The van der Waals surface area contributed by atoms with Crippen LogP contribution in [0.2, 0.25) is 5.02 Å². The predicted octanol–water partition coefficient (Wildman–Crippen LogP) is 3.70. The molecule has 108 valence electrons. The molecule has 0 aliphatic rings. The third kappa shape index (κ3) is 4.18. The van der Waals surface area contributed by atoms with E-state index in [4.69, 9.17) is 26.8 Å². The number of nitrogens with two attached hydrogens (primary N) is 1. The summed E-state index contributed by atoms with van der Waals surface area (Å²) in [5.41, 5.74) is 6.14. The second kappa shape index (κ2) is 6.34. The minimum absolute atomic E-state index is 0.177. The Morgan fingerprint density at radius 2 is 1.89 bits per heavy atom.